The largest absolute Gasteiger partial charge is 0.329 e. The van der Waals surface area contributed by atoms with Gasteiger partial charge in [-0.05, 0) is 33.4 Å². The summed E-state index contributed by atoms with van der Waals surface area (Å²) in [6.07, 6.45) is 2.57. The molecular formula is C7H16N2. The average molecular weight is 128 g/mol. The smallest absolute Gasteiger partial charge is 0.0301 e. The molecule has 0 aromatic rings. The molecule has 0 spiro atoms. The Balaban J connectivity index is 2.56. The second kappa shape index (κ2) is 2.27. The molecule has 0 amide bonds. The van der Waals surface area contributed by atoms with Gasteiger partial charge >= 0.3 is 0 Å². The molecule has 1 aliphatic rings. The molecule has 9 heavy (non-hydrogen) atoms. The highest BCUT2D eigenvalue weighted by atomic mass is 15.2. The lowest BCUT2D eigenvalue weighted by Crippen LogP contribution is -2.44. The number of likely N-dealkylation sites (tertiary alicyclic amines) is 1. The summed E-state index contributed by atoms with van der Waals surface area (Å²) in [5, 5.41) is 0. The molecule has 1 heterocycles. The molecule has 2 N–H and O–H groups in total. The fraction of sp³-hybridized carbons (Fsp3) is 1.00. The third kappa shape index (κ3) is 1.10. The van der Waals surface area contributed by atoms with Crippen LogP contribution in [0, 0.1) is 0 Å². The Kier molecular flexibility index (Phi) is 1.78. The van der Waals surface area contributed by atoms with Gasteiger partial charge in [0.05, 0.1) is 0 Å². The zero-order chi connectivity index (χ0) is 6.91. The van der Waals surface area contributed by atoms with E-state index in [1.54, 1.807) is 0 Å². The van der Waals surface area contributed by atoms with Crippen LogP contribution in [0.2, 0.25) is 0 Å². The molecule has 54 valence electrons. The molecule has 1 fully saturated rings. The summed E-state index contributed by atoms with van der Waals surface area (Å²) in [6.45, 7) is 4.25. The number of nitrogens with zero attached hydrogens (tertiary/aromatic N) is 1. The monoisotopic (exact) mass is 128 g/mol. The van der Waals surface area contributed by atoms with E-state index in [4.69, 9.17) is 5.73 Å². The summed E-state index contributed by atoms with van der Waals surface area (Å²) < 4.78 is 0. The molecule has 1 aliphatic heterocycles. The Morgan fingerprint density at radius 2 is 2.33 bits per heavy atom. The highest BCUT2D eigenvalue weighted by molar-refractivity contribution is 4.90. The van der Waals surface area contributed by atoms with Crippen LogP contribution in [0.15, 0.2) is 0 Å². The average Bonchev–Trinajstić information content (AvgIpc) is 2.15. The second-order valence-electron chi connectivity index (χ2n) is 3.23. The van der Waals surface area contributed by atoms with Crippen LogP contribution in [0.25, 0.3) is 0 Å². The molecule has 2 heteroatoms. The van der Waals surface area contributed by atoms with E-state index in [0.29, 0.717) is 5.54 Å². The van der Waals surface area contributed by atoms with Crippen LogP contribution in [0.4, 0.5) is 0 Å². The fourth-order valence-corrected chi connectivity index (χ4v) is 1.42. The van der Waals surface area contributed by atoms with Crippen LogP contribution in [0.1, 0.15) is 19.8 Å². The molecule has 0 aliphatic carbocycles. The van der Waals surface area contributed by atoms with Crippen LogP contribution in [-0.4, -0.2) is 30.6 Å². The van der Waals surface area contributed by atoms with Crippen molar-refractivity contribution in [3.8, 4) is 0 Å². The zero-order valence-corrected chi connectivity index (χ0v) is 6.35. The molecular weight excluding hydrogens is 112 g/mol. The first kappa shape index (κ1) is 7.03. The molecule has 0 aromatic heterocycles. The van der Waals surface area contributed by atoms with Crippen LogP contribution in [0.5, 0.6) is 0 Å². The lowest BCUT2D eigenvalue weighted by Gasteiger charge is -2.30. The van der Waals surface area contributed by atoms with Gasteiger partial charge in [-0.1, -0.05) is 0 Å². The van der Waals surface area contributed by atoms with Crippen molar-refractivity contribution in [3.05, 3.63) is 0 Å². The van der Waals surface area contributed by atoms with Gasteiger partial charge in [0.15, 0.2) is 0 Å². The van der Waals surface area contributed by atoms with Crippen molar-refractivity contribution in [3.63, 3.8) is 0 Å². The Labute approximate surface area is 57.0 Å². The molecule has 0 radical (unpaired) electrons. The van der Waals surface area contributed by atoms with Crippen molar-refractivity contribution < 1.29 is 0 Å². The van der Waals surface area contributed by atoms with Gasteiger partial charge in [-0.25, -0.2) is 0 Å². The first-order valence-electron chi connectivity index (χ1n) is 3.60. The third-order valence-electron chi connectivity index (χ3n) is 2.57. The standard InChI is InChI=1S/C7H16N2/c1-7(6-8)4-3-5-9(7)2/h3-6,8H2,1-2H3/t7-/m0/s1. The fourth-order valence-electron chi connectivity index (χ4n) is 1.42. The summed E-state index contributed by atoms with van der Waals surface area (Å²) >= 11 is 0. The van der Waals surface area contributed by atoms with E-state index >= 15 is 0 Å². The molecule has 1 atom stereocenters. The number of hydrogen-bond donors (Lipinski definition) is 1. The number of rotatable bonds is 1. The lowest BCUT2D eigenvalue weighted by molar-refractivity contribution is 0.204. The number of likely N-dealkylation sites (N-methyl/N-ethyl adjacent to an activating group) is 1. The summed E-state index contributed by atoms with van der Waals surface area (Å²) in [5.41, 5.74) is 5.92. The molecule has 2 nitrogen and oxygen atoms in total. The maximum atomic E-state index is 5.62. The van der Waals surface area contributed by atoms with Gasteiger partial charge in [-0.2, -0.15) is 0 Å². The van der Waals surface area contributed by atoms with Crippen molar-refractivity contribution in [1.82, 2.24) is 4.90 Å². The van der Waals surface area contributed by atoms with Crippen molar-refractivity contribution in [2.24, 2.45) is 5.73 Å². The minimum atomic E-state index is 0.306. The normalized spacial score (nSPS) is 37.7. The molecule has 0 unspecified atom stereocenters. The zero-order valence-electron chi connectivity index (χ0n) is 6.35. The van der Waals surface area contributed by atoms with Crippen molar-refractivity contribution >= 4 is 0 Å². The molecule has 0 bridgehead atoms. The van der Waals surface area contributed by atoms with Gasteiger partial charge in [0.25, 0.3) is 0 Å². The van der Waals surface area contributed by atoms with E-state index in [1.807, 2.05) is 0 Å². The minimum Gasteiger partial charge on any atom is -0.329 e. The van der Waals surface area contributed by atoms with Crippen molar-refractivity contribution in [1.29, 1.82) is 0 Å². The second-order valence-corrected chi connectivity index (χ2v) is 3.23. The third-order valence-corrected chi connectivity index (χ3v) is 2.57. The van der Waals surface area contributed by atoms with E-state index in [2.05, 4.69) is 18.9 Å². The maximum Gasteiger partial charge on any atom is 0.0301 e. The van der Waals surface area contributed by atoms with E-state index in [0.717, 1.165) is 6.54 Å². The predicted octanol–water partition coefficient (Wildman–Crippen LogP) is 0.429. The number of nitrogens with two attached hydrogens (primary N) is 1. The molecule has 1 saturated heterocycles. The van der Waals surface area contributed by atoms with Gasteiger partial charge in [0.1, 0.15) is 0 Å². The first-order chi connectivity index (χ1) is 4.19. The predicted molar refractivity (Wildman–Crippen MR) is 39.3 cm³/mol. The van der Waals surface area contributed by atoms with Crippen LogP contribution >= 0.6 is 0 Å². The highest BCUT2D eigenvalue weighted by Gasteiger charge is 2.31. The van der Waals surface area contributed by atoms with Crippen LogP contribution in [-0.2, 0) is 0 Å². The highest BCUT2D eigenvalue weighted by Crippen LogP contribution is 2.25. The van der Waals surface area contributed by atoms with Crippen LogP contribution < -0.4 is 5.73 Å². The molecule has 0 aromatic carbocycles. The Morgan fingerprint density at radius 1 is 1.67 bits per heavy atom. The molecule has 0 saturated carbocycles. The molecule has 1 rings (SSSR count). The van der Waals surface area contributed by atoms with Gasteiger partial charge < -0.3 is 5.73 Å². The number of hydrogen-bond acceptors (Lipinski definition) is 2. The van der Waals surface area contributed by atoms with Crippen molar-refractivity contribution in [2.45, 2.75) is 25.3 Å². The Hall–Kier alpha value is -0.0800. The Bertz CT molecular complexity index is 103. The van der Waals surface area contributed by atoms with Crippen molar-refractivity contribution in [2.75, 3.05) is 20.1 Å². The topological polar surface area (TPSA) is 29.3 Å². The maximum absolute atomic E-state index is 5.62. The summed E-state index contributed by atoms with van der Waals surface area (Å²) in [4.78, 5) is 2.35. The first-order valence-corrected chi connectivity index (χ1v) is 3.60. The van der Waals surface area contributed by atoms with Gasteiger partial charge in [0.2, 0.25) is 0 Å². The lowest BCUT2D eigenvalue weighted by atomic mass is 10.0. The summed E-state index contributed by atoms with van der Waals surface area (Å²) in [6, 6.07) is 0. The SMILES string of the molecule is CN1CCC[C@@]1(C)CN. The minimum absolute atomic E-state index is 0.306. The summed E-state index contributed by atoms with van der Waals surface area (Å²) in [5.74, 6) is 0. The van der Waals surface area contributed by atoms with E-state index < -0.39 is 0 Å². The van der Waals surface area contributed by atoms with E-state index in [1.165, 1.54) is 19.4 Å². The summed E-state index contributed by atoms with van der Waals surface area (Å²) in [7, 11) is 2.15. The quantitative estimate of drug-likeness (QED) is 0.555. The Morgan fingerprint density at radius 3 is 2.56 bits per heavy atom. The van der Waals surface area contributed by atoms with E-state index in [-0.39, 0.29) is 0 Å². The van der Waals surface area contributed by atoms with E-state index in [9.17, 15) is 0 Å². The van der Waals surface area contributed by atoms with Gasteiger partial charge in [-0.15, -0.1) is 0 Å². The van der Waals surface area contributed by atoms with Gasteiger partial charge in [-0.3, -0.25) is 4.90 Å². The van der Waals surface area contributed by atoms with Crippen LogP contribution in [0.3, 0.4) is 0 Å². The van der Waals surface area contributed by atoms with Gasteiger partial charge in [0, 0.05) is 12.1 Å².